The molecule has 0 atom stereocenters. The molecule has 0 unspecified atom stereocenters. The van der Waals surface area contributed by atoms with E-state index in [4.69, 9.17) is 0 Å². The van der Waals surface area contributed by atoms with Crippen molar-refractivity contribution in [2.45, 2.75) is 26.7 Å². The molecule has 0 saturated carbocycles. The summed E-state index contributed by atoms with van der Waals surface area (Å²) in [6.45, 7) is 4.03. The SMILES string of the molecule is CC1(C)CCc2[nH]nc(-c3cccs3)c2C1=O. The summed E-state index contributed by atoms with van der Waals surface area (Å²) in [6.07, 6.45) is 1.80. The van der Waals surface area contributed by atoms with Gasteiger partial charge in [-0.2, -0.15) is 5.10 Å². The number of fused-ring (bicyclic) bond motifs is 1. The summed E-state index contributed by atoms with van der Waals surface area (Å²) in [5.41, 5.74) is 2.37. The Labute approximate surface area is 104 Å². The molecule has 1 aliphatic rings. The lowest BCUT2D eigenvalue weighted by atomic mass is 9.74. The Morgan fingerprint density at radius 2 is 2.29 bits per heavy atom. The van der Waals surface area contributed by atoms with E-state index in [2.05, 4.69) is 10.2 Å². The number of nitrogens with zero attached hydrogens (tertiary/aromatic N) is 1. The van der Waals surface area contributed by atoms with Crippen LogP contribution in [0.25, 0.3) is 10.6 Å². The predicted octanol–water partition coefficient (Wildman–Crippen LogP) is 3.29. The number of aryl methyl sites for hydroxylation is 1. The Bertz CT molecular complexity index is 566. The van der Waals surface area contributed by atoms with Crippen LogP contribution in [0.1, 0.15) is 36.3 Å². The average molecular weight is 246 g/mol. The van der Waals surface area contributed by atoms with Crippen molar-refractivity contribution in [3.63, 3.8) is 0 Å². The monoisotopic (exact) mass is 246 g/mol. The maximum atomic E-state index is 12.5. The third kappa shape index (κ3) is 1.55. The molecule has 2 aromatic heterocycles. The molecule has 0 aromatic carbocycles. The molecule has 88 valence electrons. The second-order valence-corrected chi connectivity index (χ2v) is 6.06. The fourth-order valence-electron chi connectivity index (χ4n) is 2.28. The van der Waals surface area contributed by atoms with Gasteiger partial charge in [0.05, 0.1) is 10.4 Å². The van der Waals surface area contributed by atoms with Gasteiger partial charge in [0.2, 0.25) is 0 Å². The summed E-state index contributed by atoms with van der Waals surface area (Å²) in [6, 6.07) is 4.00. The first-order chi connectivity index (χ1) is 8.09. The van der Waals surface area contributed by atoms with Gasteiger partial charge in [0, 0.05) is 11.1 Å². The lowest BCUT2D eigenvalue weighted by Crippen LogP contribution is -2.30. The van der Waals surface area contributed by atoms with Crippen LogP contribution in [0.5, 0.6) is 0 Å². The van der Waals surface area contributed by atoms with E-state index in [0.29, 0.717) is 0 Å². The number of nitrogens with one attached hydrogen (secondary N) is 1. The van der Waals surface area contributed by atoms with Gasteiger partial charge in [-0.05, 0) is 24.3 Å². The van der Waals surface area contributed by atoms with Gasteiger partial charge < -0.3 is 0 Å². The van der Waals surface area contributed by atoms with Gasteiger partial charge in [-0.1, -0.05) is 19.9 Å². The minimum Gasteiger partial charge on any atom is -0.293 e. The number of carbonyl (C=O) groups excluding carboxylic acids is 1. The predicted molar refractivity (Wildman–Crippen MR) is 68.3 cm³/mol. The molecular formula is C13H14N2OS. The third-order valence-corrected chi connectivity index (χ3v) is 4.31. The molecule has 1 N–H and O–H groups in total. The van der Waals surface area contributed by atoms with Crippen molar-refractivity contribution >= 4 is 17.1 Å². The standard InChI is InChI=1S/C13H14N2OS/c1-13(2)6-5-8-10(12(13)16)11(15-14-8)9-4-3-7-17-9/h3-4,7H,5-6H2,1-2H3,(H,14,15). The largest absolute Gasteiger partial charge is 0.293 e. The molecule has 3 nitrogen and oxygen atoms in total. The molecule has 17 heavy (non-hydrogen) atoms. The fraction of sp³-hybridized carbons (Fsp3) is 0.385. The molecule has 2 heterocycles. The van der Waals surface area contributed by atoms with Crippen molar-refractivity contribution in [3.05, 3.63) is 28.8 Å². The topological polar surface area (TPSA) is 45.8 Å². The highest BCUT2D eigenvalue weighted by Crippen LogP contribution is 2.39. The summed E-state index contributed by atoms with van der Waals surface area (Å²) < 4.78 is 0. The van der Waals surface area contributed by atoms with Crippen LogP contribution in [0.4, 0.5) is 0 Å². The number of aromatic nitrogens is 2. The van der Waals surface area contributed by atoms with Gasteiger partial charge in [0.15, 0.2) is 5.78 Å². The minimum absolute atomic E-state index is 0.218. The minimum atomic E-state index is -0.261. The number of H-pyrrole nitrogens is 1. The van der Waals surface area contributed by atoms with Gasteiger partial charge >= 0.3 is 0 Å². The zero-order valence-corrected chi connectivity index (χ0v) is 10.7. The molecule has 0 fully saturated rings. The van der Waals surface area contributed by atoms with Crippen LogP contribution in [0.15, 0.2) is 17.5 Å². The van der Waals surface area contributed by atoms with Crippen molar-refractivity contribution in [2.75, 3.05) is 0 Å². The maximum absolute atomic E-state index is 12.5. The van der Waals surface area contributed by atoms with Gasteiger partial charge in [0.1, 0.15) is 5.69 Å². The number of carbonyl (C=O) groups is 1. The van der Waals surface area contributed by atoms with E-state index in [-0.39, 0.29) is 11.2 Å². The number of hydrogen-bond donors (Lipinski definition) is 1. The summed E-state index contributed by atoms with van der Waals surface area (Å²) in [5, 5.41) is 9.35. The lowest BCUT2D eigenvalue weighted by Gasteiger charge is -2.27. The van der Waals surface area contributed by atoms with Crippen molar-refractivity contribution in [1.29, 1.82) is 0 Å². The zero-order chi connectivity index (χ0) is 12.0. The molecule has 1 aliphatic carbocycles. The van der Waals surface area contributed by atoms with Crippen LogP contribution in [0.2, 0.25) is 0 Å². The lowest BCUT2D eigenvalue weighted by molar-refractivity contribution is 0.0811. The van der Waals surface area contributed by atoms with Gasteiger partial charge in [0.25, 0.3) is 0 Å². The van der Waals surface area contributed by atoms with Crippen LogP contribution in [0.3, 0.4) is 0 Å². The molecule has 0 saturated heterocycles. The average Bonchev–Trinajstić information content (AvgIpc) is 2.92. The van der Waals surface area contributed by atoms with E-state index in [0.717, 1.165) is 34.7 Å². The normalized spacial score (nSPS) is 18.1. The smallest absolute Gasteiger partial charge is 0.172 e. The number of thiophene rings is 1. The van der Waals surface area contributed by atoms with Crippen LogP contribution in [-0.4, -0.2) is 16.0 Å². The quantitative estimate of drug-likeness (QED) is 0.839. The molecule has 0 spiro atoms. The van der Waals surface area contributed by atoms with Crippen molar-refractivity contribution in [1.82, 2.24) is 10.2 Å². The van der Waals surface area contributed by atoms with E-state index in [9.17, 15) is 4.79 Å². The Hall–Kier alpha value is -1.42. The summed E-state index contributed by atoms with van der Waals surface area (Å²) in [7, 11) is 0. The van der Waals surface area contributed by atoms with Crippen LogP contribution in [-0.2, 0) is 6.42 Å². The molecule has 2 aromatic rings. The molecule has 0 aliphatic heterocycles. The third-order valence-electron chi connectivity index (χ3n) is 3.44. The Kier molecular flexibility index (Phi) is 2.23. The highest BCUT2D eigenvalue weighted by molar-refractivity contribution is 7.13. The molecule has 3 rings (SSSR count). The highest BCUT2D eigenvalue weighted by atomic mass is 32.1. The van der Waals surface area contributed by atoms with Gasteiger partial charge in [-0.3, -0.25) is 9.89 Å². The van der Waals surface area contributed by atoms with Gasteiger partial charge in [-0.25, -0.2) is 0 Å². The van der Waals surface area contributed by atoms with Crippen molar-refractivity contribution in [3.8, 4) is 10.6 Å². The Morgan fingerprint density at radius 3 is 3.00 bits per heavy atom. The molecule has 0 radical (unpaired) electrons. The number of ketones is 1. The van der Waals surface area contributed by atoms with E-state index in [1.165, 1.54) is 0 Å². The zero-order valence-electron chi connectivity index (χ0n) is 9.91. The van der Waals surface area contributed by atoms with Crippen LogP contribution in [0, 0.1) is 5.41 Å². The molecule has 0 amide bonds. The molecule has 4 heteroatoms. The molecular weight excluding hydrogens is 232 g/mol. The highest BCUT2D eigenvalue weighted by Gasteiger charge is 2.37. The maximum Gasteiger partial charge on any atom is 0.172 e. The van der Waals surface area contributed by atoms with Crippen molar-refractivity contribution < 1.29 is 4.79 Å². The number of aromatic amines is 1. The van der Waals surface area contributed by atoms with Crippen molar-refractivity contribution in [2.24, 2.45) is 5.41 Å². The second-order valence-electron chi connectivity index (χ2n) is 5.12. The van der Waals surface area contributed by atoms with Crippen LogP contribution < -0.4 is 0 Å². The second kappa shape index (κ2) is 3.53. The van der Waals surface area contributed by atoms with E-state index >= 15 is 0 Å². The number of rotatable bonds is 1. The first-order valence-corrected chi connectivity index (χ1v) is 6.63. The number of hydrogen-bond acceptors (Lipinski definition) is 3. The van der Waals surface area contributed by atoms with Gasteiger partial charge in [-0.15, -0.1) is 11.3 Å². The first-order valence-electron chi connectivity index (χ1n) is 5.75. The Morgan fingerprint density at radius 1 is 1.47 bits per heavy atom. The molecule has 0 bridgehead atoms. The number of Topliss-reactive ketones (excluding diaryl/α,β-unsaturated/α-hetero) is 1. The summed E-state index contributed by atoms with van der Waals surface area (Å²) >= 11 is 1.62. The Balaban J connectivity index is 2.17. The van der Waals surface area contributed by atoms with Crippen LogP contribution >= 0.6 is 11.3 Å². The summed E-state index contributed by atoms with van der Waals surface area (Å²) in [4.78, 5) is 13.5. The fourth-order valence-corrected chi connectivity index (χ4v) is 3.00. The summed E-state index contributed by atoms with van der Waals surface area (Å²) in [5.74, 6) is 0.218. The van der Waals surface area contributed by atoms with E-state index in [1.54, 1.807) is 11.3 Å². The van der Waals surface area contributed by atoms with E-state index < -0.39 is 0 Å². The first kappa shape index (κ1) is 10.7. The van der Waals surface area contributed by atoms with E-state index in [1.807, 2.05) is 31.4 Å².